The van der Waals surface area contributed by atoms with Crippen LogP contribution in [0.4, 0.5) is 11.6 Å². The molecular formula is C22H26N6O2. The molecule has 8 heteroatoms. The highest BCUT2D eigenvalue weighted by Gasteiger charge is 2.32. The van der Waals surface area contributed by atoms with Crippen LogP contribution >= 0.6 is 0 Å². The maximum Gasteiger partial charge on any atom is 0.181 e. The molecule has 3 fully saturated rings. The third-order valence-electron chi connectivity index (χ3n) is 6.18. The highest BCUT2D eigenvalue weighted by Crippen LogP contribution is 2.45. The molecule has 3 aliphatic rings. The SMILES string of the molecule is c1cn2c(-c3ccc(N4CCOCC4)nc3)c(C3CC3)nc2c(N2CCOCC2)n1. The van der Waals surface area contributed by atoms with Gasteiger partial charge in [0.15, 0.2) is 11.5 Å². The van der Waals surface area contributed by atoms with E-state index < -0.39 is 0 Å². The molecule has 1 saturated carbocycles. The van der Waals surface area contributed by atoms with Gasteiger partial charge in [-0.05, 0) is 25.0 Å². The maximum absolute atomic E-state index is 5.52. The largest absolute Gasteiger partial charge is 0.378 e. The van der Waals surface area contributed by atoms with Crippen molar-refractivity contribution in [3.8, 4) is 11.3 Å². The van der Waals surface area contributed by atoms with E-state index >= 15 is 0 Å². The summed E-state index contributed by atoms with van der Waals surface area (Å²) >= 11 is 0. The number of anilines is 2. The van der Waals surface area contributed by atoms with Crippen molar-refractivity contribution in [3.05, 3.63) is 36.4 Å². The van der Waals surface area contributed by atoms with Crippen LogP contribution in [-0.4, -0.2) is 72.0 Å². The Labute approximate surface area is 175 Å². The molecule has 30 heavy (non-hydrogen) atoms. The van der Waals surface area contributed by atoms with E-state index in [1.165, 1.54) is 18.5 Å². The monoisotopic (exact) mass is 406 g/mol. The van der Waals surface area contributed by atoms with E-state index in [1.807, 2.05) is 18.6 Å². The summed E-state index contributed by atoms with van der Waals surface area (Å²) in [6.07, 6.45) is 8.32. The molecule has 6 rings (SSSR count). The van der Waals surface area contributed by atoms with Gasteiger partial charge in [0.25, 0.3) is 0 Å². The van der Waals surface area contributed by atoms with Gasteiger partial charge in [-0.2, -0.15) is 0 Å². The van der Waals surface area contributed by atoms with E-state index in [9.17, 15) is 0 Å². The number of hydrogen-bond donors (Lipinski definition) is 0. The van der Waals surface area contributed by atoms with E-state index in [1.54, 1.807) is 0 Å². The van der Waals surface area contributed by atoms with Crippen molar-refractivity contribution in [2.45, 2.75) is 18.8 Å². The molecular weight excluding hydrogens is 380 g/mol. The van der Waals surface area contributed by atoms with Crippen molar-refractivity contribution in [2.24, 2.45) is 0 Å². The third kappa shape index (κ3) is 3.20. The standard InChI is InChI=1S/C22H26N6O2/c1-2-16(1)19-20(17-3-4-18(24-15-17)26-7-11-29-12-8-26)28-6-5-23-21(22(28)25-19)27-9-13-30-14-10-27/h3-6,15-16H,1-2,7-14H2. The van der Waals surface area contributed by atoms with E-state index in [4.69, 9.17) is 19.4 Å². The molecule has 0 atom stereocenters. The molecule has 3 aromatic rings. The lowest BCUT2D eigenvalue weighted by Crippen LogP contribution is -2.37. The molecule has 156 valence electrons. The summed E-state index contributed by atoms with van der Waals surface area (Å²) in [6.45, 7) is 6.48. The normalized spacial score (nSPS) is 20.1. The number of fused-ring (bicyclic) bond motifs is 1. The molecule has 5 heterocycles. The van der Waals surface area contributed by atoms with E-state index in [2.05, 4.69) is 31.3 Å². The van der Waals surface area contributed by atoms with Crippen LogP contribution in [0, 0.1) is 0 Å². The van der Waals surface area contributed by atoms with Crippen molar-refractivity contribution < 1.29 is 9.47 Å². The lowest BCUT2D eigenvalue weighted by atomic mass is 10.1. The predicted octanol–water partition coefficient (Wildman–Crippen LogP) is 2.34. The zero-order valence-corrected chi connectivity index (χ0v) is 17.0. The van der Waals surface area contributed by atoms with Crippen LogP contribution in [-0.2, 0) is 9.47 Å². The molecule has 2 saturated heterocycles. The van der Waals surface area contributed by atoms with E-state index in [-0.39, 0.29) is 0 Å². The molecule has 1 aliphatic carbocycles. The van der Waals surface area contributed by atoms with E-state index in [0.717, 1.165) is 81.1 Å². The molecule has 0 N–H and O–H groups in total. The van der Waals surface area contributed by atoms with Gasteiger partial charge in [0.05, 0.1) is 37.8 Å². The van der Waals surface area contributed by atoms with Gasteiger partial charge in [0.1, 0.15) is 5.82 Å². The average molecular weight is 406 g/mol. The van der Waals surface area contributed by atoms with Crippen LogP contribution in [0.1, 0.15) is 24.5 Å². The number of rotatable bonds is 4. The molecule has 0 amide bonds. The predicted molar refractivity (Wildman–Crippen MR) is 114 cm³/mol. The lowest BCUT2D eigenvalue weighted by molar-refractivity contribution is 0.122. The topological polar surface area (TPSA) is 68.0 Å². The fourth-order valence-electron chi connectivity index (χ4n) is 4.41. The summed E-state index contributed by atoms with van der Waals surface area (Å²) in [6, 6.07) is 4.31. The van der Waals surface area contributed by atoms with Gasteiger partial charge in [-0.15, -0.1) is 0 Å². The fourth-order valence-corrected chi connectivity index (χ4v) is 4.41. The molecule has 0 bridgehead atoms. The number of ether oxygens (including phenoxy) is 2. The second-order valence-corrected chi connectivity index (χ2v) is 8.17. The maximum atomic E-state index is 5.52. The quantitative estimate of drug-likeness (QED) is 0.659. The molecule has 3 aromatic heterocycles. The number of imidazole rings is 1. The Morgan fingerprint density at radius 1 is 0.867 bits per heavy atom. The Morgan fingerprint density at radius 3 is 2.27 bits per heavy atom. The molecule has 0 radical (unpaired) electrons. The van der Waals surface area contributed by atoms with Crippen molar-refractivity contribution in [1.82, 2.24) is 19.4 Å². The summed E-state index contributed by atoms with van der Waals surface area (Å²) in [7, 11) is 0. The van der Waals surface area contributed by atoms with Gasteiger partial charge in [-0.1, -0.05) is 0 Å². The second kappa shape index (κ2) is 7.52. The van der Waals surface area contributed by atoms with E-state index in [0.29, 0.717) is 5.92 Å². The lowest BCUT2D eigenvalue weighted by Gasteiger charge is -2.28. The minimum atomic E-state index is 0.538. The first-order valence-corrected chi connectivity index (χ1v) is 10.9. The number of aromatic nitrogens is 4. The minimum absolute atomic E-state index is 0.538. The highest BCUT2D eigenvalue weighted by atomic mass is 16.5. The molecule has 2 aliphatic heterocycles. The Kier molecular flexibility index (Phi) is 4.53. The number of nitrogens with zero attached hydrogens (tertiary/aromatic N) is 6. The highest BCUT2D eigenvalue weighted by molar-refractivity contribution is 5.74. The van der Waals surface area contributed by atoms with Crippen LogP contribution in [0.2, 0.25) is 0 Å². The van der Waals surface area contributed by atoms with Crippen LogP contribution in [0.5, 0.6) is 0 Å². The van der Waals surface area contributed by atoms with Crippen LogP contribution in [0.15, 0.2) is 30.7 Å². The zero-order valence-electron chi connectivity index (χ0n) is 17.0. The molecule has 0 unspecified atom stereocenters. The minimum Gasteiger partial charge on any atom is -0.378 e. The molecule has 0 spiro atoms. The first-order valence-electron chi connectivity index (χ1n) is 10.9. The number of pyridine rings is 1. The van der Waals surface area contributed by atoms with Crippen molar-refractivity contribution in [1.29, 1.82) is 0 Å². The van der Waals surface area contributed by atoms with Gasteiger partial charge in [0.2, 0.25) is 0 Å². The summed E-state index contributed by atoms with van der Waals surface area (Å²) < 4.78 is 13.2. The summed E-state index contributed by atoms with van der Waals surface area (Å²) in [4.78, 5) is 19.1. The first kappa shape index (κ1) is 18.1. The van der Waals surface area contributed by atoms with Crippen molar-refractivity contribution >= 4 is 17.3 Å². The summed E-state index contributed by atoms with van der Waals surface area (Å²) in [5.74, 6) is 2.50. The smallest absolute Gasteiger partial charge is 0.181 e. The van der Waals surface area contributed by atoms with Crippen LogP contribution < -0.4 is 9.80 Å². The molecule has 0 aromatic carbocycles. The Hall–Kier alpha value is -2.71. The van der Waals surface area contributed by atoms with Gasteiger partial charge >= 0.3 is 0 Å². The fraction of sp³-hybridized carbons (Fsp3) is 0.500. The van der Waals surface area contributed by atoms with Crippen molar-refractivity contribution in [3.63, 3.8) is 0 Å². The Balaban J connectivity index is 1.41. The third-order valence-corrected chi connectivity index (χ3v) is 6.18. The number of morpholine rings is 2. The number of hydrogen-bond acceptors (Lipinski definition) is 7. The zero-order chi connectivity index (χ0) is 19.9. The van der Waals surface area contributed by atoms with Crippen molar-refractivity contribution in [2.75, 3.05) is 62.4 Å². The average Bonchev–Trinajstić information content (AvgIpc) is 3.60. The van der Waals surface area contributed by atoms with Crippen LogP contribution in [0.3, 0.4) is 0 Å². The Morgan fingerprint density at radius 2 is 1.60 bits per heavy atom. The van der Waals surface area contributed by atoms with Gasteiger partial charge < -0.3 is 19.3 Å². The van der Waals surface area contributed by atoms with Gasteiger partial charge in [0, 0.05) is 56.3 Å². The van der Waals surface area contributed by atoms with Gasteiger partial charge in [-0.3, -0.25) is 4.40 Å². The summed E-state index contributed by atoms with van der Waals surface area (Å²) in [5.41, 5.74) is 4.39. The Bertz CT molecular complexity index is 1030. The van der Waals surface area contributed by atoms with Gasteiger partial charge in [-0.25, -0.2) is 15.0 Å². The van der Waals surface area contributed by atoms with Crippen LogP contribution in [0.25, 0.3) is 16.9 Å². The summed E-state index contributed by atoms with van der Waals surface area (Å²) in [5, 5.41) is 0. The second-order valence-electron chi connectivity index (χ2n) is 8.17. The molecule has 8 nitrogen and oxygen atoms in total. The first-order chi connectivity index (χ1) is 14.9.